The topological polar surface area (TPSA) is 72.6 Å². The van der Waals surface area contributed by atoms with E-state index in [1.807, 2.05) is 4.90 Å². The van der Waals surface area contributed by atoms with Crippen LogP contribution in [0.5, 0.6) is 0 Å². The van der Waals surface area contributed by atoms with Crippen LogP contribution in [-0.2, 0) is 16.1 Å². The summed E-state index contributed by atoms with van der Waals surface area (Å²) in [7, 11) is 1.31. The Labute approximate surface area is 129 Å². The van der Waals surface area contributed by atoms with Gasteiger partial charge in [-0.25, -0.2) is 9.78 Å². The molecule has 120 valence electrons. The second-order valence-corrected chi connectivity index (χ2v) is 6.15. The molecule has 0 N–H and O–H groups in total. The van der Waals surface area contributed by atoms with Crippen LogP contribution in [0.15, 0.2) is 10.7 Å². The minimum Gasteiger partial charge on any atom is -0.464 e. The highest BCUT2D eigenvalue weighted by atomic mass is 16.5. The van der Waals surface area contributed by atoms with Gasteiger partial charge in [0.15, 0.2) is 5.69 Å². The highest BCUT2D eigenvalue weighted by Crippen LogP contribution is 2.34. The summed E-state index contributed by atoms with van der Waals surface area (Å²) in [6, 6.07) is 0.273. The fourth-order valence-electron chi connectivity index (χ4n) is 3.07. The number of aromatic nitrogens is 1. The van der Waals surface area contributed by atoms with E-state index in [2.05, 4.69) is 9.72 Å². The molecule has 2 fully saturated rings. The third kappa shape index (κ3) is 3.31. The lowest BCUT2D eigenvalue weighted by atomic mass is 9.94. The molecule has 1 aromatic heterocycles. The van der Waals surface area contributed by atoms with Crippen LogP contribution in [0.3, 0.4) is 0 Å². The fraction of sp³-hybridized carbons (Fsp3) is 0.688. The minimum absolute atomic E-state index is 0.153. The van der Waals surface area contributed by atoms with E-state index >= 15 is 0 Å². The molecule has 6 nitrogen and oxygen atoms in total. The molecule has 0 radical (unpaired) electrons. The second-order valence-electron chi connectivity index (χ2n) is 6.15. The number of nitrogens with zero attached hydrogens (tertiary/aromatic N) is 2. The molecule has 0 atom stereocenters. The van der Waals surface area contributed by atoms with Crippen LogP contribution in [-0.4, -0.2) is 34.9 Å². The SMILES string of the molecule is COC(=O)c1coc(CN(C(=O)C2CC2)C2CCCCC2)n1. The van der Waals surface area contributed by atoms with E-state index in [9.17, 15) is 9.59 Å². The van der Waals surface area contributed by atoms with E-state index in [1.54, 1.807) is 0 Å². The Bertz CT molecular complexity index is 544. The number of hydrogen-bond acceptors (Lipinski definition) is 5. The number of oxazole rings is 1. The molecule has 2 aliphatic rings. The highest BCUT2D eigenvalue weighted by molar-refractivity contribution is 5.86. The first-order chi connectivity index (χ1) is 10.7. The van der Waals surface area contributed by atoms with Crippen molar-refractivity contribution in [2.75, 3.05) is 7.11 Å². The summed E-state index contributed by atoms with van der Waals surface area (Å²) in [5.41, 5.74) is 0.153. The molecule has 2 saturated carbocycles. The van der Waals surface area contributed by atoms with Crippen LogP contribution in [0, 0.1) is 5.92 Å². The van der Waals surface area contributed by atoms with Gasteiger partial charge in [-0.1, -0.05) is 19.3 Å². The molecule has 22 heavy (non-hydrogen) atoms. The summed E-state index contributed by atoms with van der Waals surface area (Å²) in [6.45, 7) is 0.344. The zero-order valence-electron chi connectivity index (χ0n) is 12.9. The Morgan fingerprint density at radius 1 is 1.27 bits per heavy atom. The Hall–Kier alpha value is -1.85. The maximum atomic E-state index is 12.6. The molecular formula is C16H22N2O4. The van der Waals surface area contributed by atoms with E-state index < -0.39 is 5.97 Å². The quantitative estimate of drug-likeness (QED) is 0.782. The van der Waals surface area contributed by atoms with Gasteiger partial charge in [0.1, 0.15) is 6.26 Å². The summed E-state index contributed by atoms with van der Waals surface area (Å²) in [5, 5.41) is 0. The lowest BCUT2D eigenvalue weighted by Gasteiger charge is -2.33. The molecule has 1 amide bonds. The predicted octanol–water partition coefficient (Wildman–Crippen LogP) is 2.53. The normalized spacial score (nSPS) is 19.0. The van der Waals surface area contributed by atoms with Gasteiger partial charge in [0, 0.05) is 12.0 Å². The standard InChI is InChI=1S/C16H22N2O4/c1-21-16(20)13-10-22-14(17-13)9-18(15(19)11-7-8-11)12-5-3-2-4-6-12/h10-12H,2-9H2,1H3. The third-order valence-electron chi connectivity index (χ3n) is 4.48. The molecule has 6 heteroatoms. The van der Waals surface area contributed by atoms with Crippen LogP contribution in [0.1, 0.15) is 61.3 Å². The summed E-state index contributed by atoms with van der Waals surface area (Å²) in [4.78, 5) is 30.1. The smallest absolute Gasteiger partial charge is 0.360 e. The van der Waals surface area contributed by atoms with Crippen molar-refractivity contribution in [3.63, 3.8) is 0 Å². The van der Waals surface area contributed by atoms with E-state index in [0.717, 1.165) is 38.5 Å². The summed E-state index contributed by atoms with van der Waals surface area (Å²) < 4.78 is 9.98. The van der Waals surface area contributed by atoms with Crippen molar-refractivity contribution >= 4 is 11.9 Å². The number of amides is 1. The van der Waals surface area contributed by atoms with Gasteiger partial charge in [0.2, 0.25) is 11.8 Å². The molecule has 0 aromatic carbocycles. The number of methoxy groups -OCH3 is 1. The Morgan fingerprint density at radius 2 is 2.00 bits per heavy atom. The Balaban J connectivity index is 1.72. The first kappa shape index (κ1) is 15.1. The van der Waals surface area contributed by atoms with Gasteiger partial charge in [0.05, 0.1) is 13.7 Å². The number of carbonyl (C=O) groups excluding carboxylic acids is 2. The lowest BCUT2D eigenvalue weighted by Crippen LogP contribution is -2.41. The number of carbonyl (C=O) groups is 2. The van der Waals surface area contributed by atoms with E-state index in [0.29, 0.717) is 12.4 Å². The van der Waals surface area contributed by atoms with Gasteiger partial charge < -0.3 is 14.1 Å². The Kier molecular flexibility index (Phi) is 4.45. The van der Waals surface area contributed by atoms with Crippen molar-refractivity contribution in [3.8, 4) is 0 Å². The van der Waals surface area contributed by atoms with E-state index in [1.165, 1.54) is 19.8 Å². The second kappa shape index (κ2) is 6.50. The van der Waals surface area contributed by atoms with Gasteiger partial charge in [-0.3, -0.25) is 4.79 Å². The molecule has 0 aliphatic heterocycles. The van der Waals surface area contributed by atoms with Crippen LogP contribution in [0.25, 0.3) is 0 Å². The summed E-state index contributed by atoms with van der Waals surface area (Å²) in [6.07, 6.45) is 8.93. The monoisotopic (exact) mass is 306 g/mol. The number of hydrogen-bond donors (Lipinski definition) is 0. The van der Waals surface area contributed by atoms with Crippen LogP contribution < -0.4 is 0 Å². The maximum absolute atomic E-state index is 12.6. The molecule has 1 aromatic rings. The lowest BCUT2D eigenvalue weighted by molar-refractivity contribution is -0.136. The summed E-state index contributed by atoms with van der Waals surface area (Å²) in [5.74, 6) is 0.273. The molecule has 0 unspecified atom stereocenters. The van der Waals surface area contributed by atoms with Crippen LogP contribution in [0.2, 0.25) is 0 Å². The minimum atomic E-state index is -0.521. The van der Waals surface area contributed by atoms with Crippen LogP contribution >= 0.6 is 0 Å². The fourth-order valence-corrected chi connectivity index (χ4v) is 3.07. The van der Waals surface area contributed by atoms with E-state index in [-0.39, 0.29) is 23.6 Å². The van der Waals surface area contributed by atoms with Crippen molar-refractivity contribution in [2.45, 2.75) is 57.5 Å². The van der Waals surface area contributed by atoms with Crippen molar-refractivity contribution in [2.24, 2.45) is 5.92 Å². The first-order valence-corrected chi connectivity index (χ1v) is 8.02. The van der Waals surface area contributed by atoms with Crippen molar-refractivity contribution in [1.29, 1.82) is 0 Å². The van der Waals surface area contributed by atoms with Crippen molar-refractivity contribution in [1.82, 2.24) is 9.88 Å². The summed E-state index contributed by atoms with van der Waals surface area (Å²) >= 11 is 0. The molecule has 0 spiro atoms. The average Bonchev–Trinajstić information content (AvgIpc) is 3.31. The van der Waals surface area contributed by atoms with Gasteiger partial charge in [-0.15, -0.1) is 0 Å². The first-order valence-electron chi connectivity index (χ1n) is 8.02. The number of rotatable bonds is 5. The molecule has 0 saturated heterocycles. The third-order valence-corrected chi connectivity index (χ3v) is 4.48. The number of esters is 1. The predicted molar refractivity (Wildman–Crippen MR) is 78.0 cm³/mol. The maximum Gasteiger partial charge on any atom is 0.360 e. The van der Waals surface area contributed by atoms with Gasteiger partial charge >= 0.3 is 5.97 Å². The highest BCUT2D eigenvalue weighted by Gasteiger charge is 2.37. The Morgan fingerprint density at radius 3 is 2.64 bits per heavy atom. The van der Waals surface area contributed by atoms with Gasteiger partial charge in [-0.2, -0.15) is 0 Å². The molecule has 1 heterocycles. The molecule has 2 aliphatic carbocycles. The zero-order chi connectivity index (χ0) is 15.5. The molecule has 3 rings (SSSR count). The molecule has 0 bridgehead atoms. The van der Waals surface area contributed by atoms with Crippen LogP contribution in [0.4, 0.5) is 0 Å². The van der Waals surface area contributed by atoms with Crippen molar-refractivity contribution < 1.29 is 18.7 Å². The zero-order valence-corrected chi connectivity index (χ0v) is 12.9. The van der Waals surface area contributed by atoms with Gasteiger partial charge in [0.25, 0.3) is 0 Å². The van der Waals surface area contributed by atoms with Gasteiger partial charge in [-0.05, 0) is 25.7 Å². The van der Waals surface area contributed by atoms with E-state index in [4.69, 9.17) is 4.42 Å². The number of ether oxygens (including phenoxy) is 1. The largest absolute Gasteiger partial charge is 0.464 e. The average molecular weight is 306 g/mol. The van der Waals surface area contributed by atoms with Crippen molar-refractivity contribution in [3.05, 3.63) is 17.8 Å². The molecular weight excluding hydrogens is 284 g/mol.